The molecule has 1 atom stereocenters. The van der Waals surface area contributed by atoms with Crippen molar-refractivity contribution in [3.8, 4) is 0 Å². The standard InChI is InChI=1S/C11H15ClN2O/c1-2-9-6-10(12)14-11(13-9)8-4-3-5-15-7-8/h6,8H,2-5,7H2,1H3. The molecule has 0 aromatic carbocycles. The summed E-state index contributed by atoms with van der Waals surface area (Å²) in [5.41, 5.74) is 1.01. The van der Waals surface area contributed by atoms with E-state index in [1.54, 1.807) is 0 Å². The van der Waals surface area contributed by atoms with Crippen molar-refractivity contribution in [3.05, 3.63) is 22.7 Å². The maximum atomic E-state index is 5.96. The Bertz CT molecular complexity index is 337. The predicted molar refractivity (Wildman–Crippen MR) is 59.2 cm³/mol. The highest BCUT2D eigenvalue weighted by Gasteiger charge is 2.19. The highest BCUT2D eigenvalue weighted by atomic mass is 35.5. The van der Waals surface area contributed by atoms with Crippen molar-refractivity contribution < 1.29 is 4.74 Å². The second kappa shape index (κ2) is 4.90. The first-order chi connectivity index (χ1) is 7.29. The number of hydrogen-bond donors (Lipinski definition) is 0. The number of aromatic nitrogens is 2. The SMILES string of the molecule is CCc1cc(Cl)nc(C2CCCOC2)n1. The zero-order valence-corrected chi connectivity index (χ0v) is 9.63. The molecule has 1 aromatic heterocycles. The van der Waals surface area contributed by atoms with Crippen LogP contribution >= 0.6 is 11.6 Å². The van der Waals surface area contributed by atoms with Gasteiger partial charge in [-0.1, -0.05) is 18.5 Å². The van der Waals surface area contributed by atoms with Crippen molar-refractivity contribution in [1.82, 2.24) is 9.97 Å². The van der Waals surface area contributed by atoms with E-state index in [0.717, 1.165) is 44.0 Å². The summed E-state index contributed by atoms with van der Waals surface area (Å²) in [5, 5.41) is 0.544. The molecule has 2 heterocycles. The first-order valence-corrected chi connectivity index (χ1v) is 5.78. The molecule has 0 radical (unpaired) electrons. The number of ether oxygens (including phenoxy) is 1. The summed E-state index contributed by atoms with van der Waals surface area (Å²) < 4.78 is 5.43. The Balaban J connectivity index is 2.22. The molecule has 0 bridgehead atoms. The van der Waals surface area contributed by atoms with Gasteiger partial charge >= 0.3 is 0 Å². The summed E-state index contributed by atoms with van der Waals surface area (Å²) in [5.74, 6) is 1.17. The zero-order valence-electron chi connectivity index (χ0n) is 8.87. The molecule has 82 valence electrons. The highest BCUT2D eigenvalue weighted by molar-refractivity contribution is 6.29. The molecule has 2 rings (SSSR count). The average molecular weight is 227 g/mol. The van der Waals surface area contributed by atoms with E-state index in [9.17, 15) is 0 Å². The van der Waals surface area contributed by atoms with Crippen molar-refractivity contribution in [1.29, 1.82) is 0 Å². The Labute approximate surface area is 94.8 Å². The fourth-order valence-electron chi connectivity index (χ4n) is 1.79. The van der Waals surface area contributed by atoms with E-state index < -0.39 is 0 Å². The summed E-state index contributed by atoms with van der Waals surface area (Å²) in [4.78, 5) is 8.78. The van der Waals surface area contributed by atoms with Crippen molar-refractivity contribution in [3.63, 3.8) is 0 Å². The maximum absolute atomic E-state index is 5.96. The third-order valence-corrected chi connectivity index (χ3v) is 2.85. The Hall–Kier alpha value is -0.670. The summed E-state index contributed by atoms with van der Waals surface area (Å²) in [7, 11) is 0. The van der Waals surface area contributed by atoms with E-state index in [-0.39, 0.29) is 0 Å². The quantitative estimate of drug-likeness (QED) is 0.728. The zero-order chi connectivity index (χ0) is 10.7. The van der Waals surface area contributed by atoms with Gasteiger partial charge in [0.05, 0.1) is 6.61 Å². The van der Waals surface area contributed by atoms with Crippen molar-refractivity contribution in [2.45, 2.75) is 32.1 Å². The minimum absolute atomic E-state index is 0.322. The van der Waals surface area contributed by atoms with Crippen LogP contribution in [0.4, 0.5) is 0 Å². The predicted octanol–water partition coefficient (Wildman–Crippen LogP) is 2.59. The van der Waals surface area contributed by atoms with Crippen LogP contribution in [0.2, 0.25) is 5.15 Å². The van der Waals surface area contributed by atoms with Gasteiger partial charge in [-0.05, 0) is 25.3 Å². The van der Waals surface area contributed by atoms with Gasteiger partial charge in [0.1, 0.15) is 11.0 Å². The molecule has 3 nitrogen and oxygen atoms in total. The minimum atomic E-state index is 0.322. The van der Waals surface area contributed by atoms with Gasteiger partial charge in [-0.3, -0.25) is 0 Å². The van der Waals surface area contributed by atoms with E-state index in [1.807, 2.05) is 6.07 Å². The van der Waals surface area contributed by atoms with Gasteiger partial charge in [-0.25, -0.2) is 9.97 Å². The fourth-order valence-corrected chi connectivity index (χ4v) is 2.00. The van der Waals surface area contributed by atoms with Crippen LogP contribution < -0.4 is 0 Å². The lowest BCUT2D eigenvalue weighted by atomic mass is 10.0. The summed E-state index contributed by atoms with van der Waals surface area (Å²) in [6, 6.07) is 1.83. The van der Waals surface area contributed by atoms with Crippen LogP contribution in [0.15, 0.2) is 6.07 Å². The van der Waals surface area contributed by atoms with Gasteiger partial charge in [-0.2, -0.15) is 0 Å². The second-order valence-electron chi connectivity index (χ2n) is 3.81. The lowest BCUT2D eigenvalue weighted by molar-refractivity contribution is 0.0780. The van der Waals surface area contributed by atoms with E-state index in [1.165, 1.54) is 0 Å². The average Bonchev–Trinajstić information content (AvgIpc) is 2.29. The monoisotopic (exact) mass is 226 g/mol. The van der Waals surface area contributed by atoms with Crippen LogP contribution in [0, 0.1) is 0 Å². The third kappa shape index (κ3) is 2.67. The van der Waals surface area contributed by atoms with Crippen molar-refractivity contribution in [2.24, 2.45) is 0 Å². The van der Waals surface area contributed by atoms with E-state index in [2.05, 4.69) is 16.9 Å². The lowest BCUT2D eigenvalue weighted by Crippen LogP contribution is -2.18. The molecule has 1 aromatic rings. The summed E-state index contributed by atoms with van der Waals surface area (Å²) in [6.45, 7) is 3.65. The van der Waals surface area contributed by atoms with Crippen LogP contribution in [-0.2, 0) is 11.2 Å². The Morgan fingerprint density at radius 2 is 2.40 bits per heavy atom. The van der Waals surface area contributed by atoms with Crippen LogP contribution in [0.5, 0.6) is 0 Å². The Kier molecular flexibility index (Phi) is 3.54. The molecule has 1 aliphatic rings. The molecule has 1 aliphatic heterocycles. The Morgan fingerprint density at radius 1 is 1.53 bits per heavy atom. The van der Waals surface area contributed by atoms with Crippen LogP contribution in [0.3, 0.4) is 0 Å². The number of aryl methyl sites for hydroxylation is 1. The third-order valence-electron chi connectivity index (χ3n) is 2.65. The van der Waals surface area contributed by atoms with Gasteiger partial charge in [-0.15, -0.1) is 0 Å². The summed E-state index contributed by atoms with van der Waals surface area (Å²) in [6.07, 6.45) is 3.08. The van der Waals surface area contributed by atoms with Gasteiger partial charge < -0.3 is 4.74 Å². The first kappa shape index (κ1) is 10.8. The molecule has 1 fully saturated rings. The molecule has 0 amide bonds. The van der Waals surface area contributed by atoms with Crippen molar-refractivity contribution in [2.75, 3.05) is 13.2 Å². The smallest absolute Gasteiger partial charge is 0.135 e. The molecular formula is C11H15ClN2O. The molecule has 0 saturated carbocycles. The van der Waals surface area contributed by atoms with E-state index in [4.69, 9.17) is 16.3 Å². The maximum Gasteiger partial charge on any atom is 0.135 e. The molecule has 4 heteroatoms. The van der Waals surface area contributed by atoms with Gasteiger partial charge in [0, 0.05) is 18.2 Å². The van der Waals surface area contributed by atoms with Crippen LogP contribution in [0.25, 0.3) is 0 Å². The molecule has 0 spiro atoms. The lowest BCUT2D eigenvalue weighted by Gasteiger charge is -2.21. The molecule has 0 aliphatic carbocycles. The highest BCUT2D eigenvalue weighted by Crippen LogP contribution is 2.23. The van der Waals surface area contributed by atoms with E-state index in [0.29, 0.717) is 11.1 Å². The van der Waals surface area contributed by atoms with E-state index >= 15 is 0 Å². The first-order valence-electron chi connectivity index (χ1n) is 5.40. The molecular weight excluding hydrogens is 212 g/mol. The number of halogens is 1. The van der Waals surface area contributed by atoms with Gasteiger partial charge in [0.15, 0.2) is 0 Å². The number of nitrogens with zero attached hydrogens (tertiary/aromatic N) is 2. The number of rotatable bonds is 2. The Morgan fingerprint density at radius 3 is 3.07 bits per heavy atom. The van der Waals surface area contributed by atoms with Crippen LogP contribution in [-0.4, -0.2) is 23.2 Å². The van der Waals surface area contributed by atoms with Gasteiger partial charge in [0.25, 0.3) is 0 Å². The molecule has 0 N–H and O–H groups in total. The largest absolute Gasteiger partial charge is 0.381 e. The van der Waals surface area contributed by atoms with Gasteiger partial charge in [0.2, 0.25) is 0 Å². The summed E-state index contributed by atoms with van der Waals surface area (Å²) >= 11 is 5.96. The molecule has 1 unspecified atom stereocenters. The van der Waals surface area contributed by atoms with Crippen molar-refractivity contribution >= 4 is 11.6 Å². The fraction of sp³-hybridized carbons (Fsp3) is 0.636. The second-order valence-corrected chi connectivity index (χ2v) is 4.20. The van der Waals surface area contributed by atoms with Crippen LogP contribution in [0.1, 0.15) is 37.2 Å². The molecule has 15 heavy (non-hydrogen) atoms. The topological polar surface area (TPSA) is 35.0 Å². The molecule has 1 saturated heterocycles. The normalized spacial score (nSPS) is 21.6. The number of hydrogen-bond acceptors (Lipinski definition) is 3. The minimum Gasteiger partial charge on any atom is -0.381 e.